The third kappa shape index (κ3) is 2.23. The van der Waals surface area contributed by atoms with Gasteiger partial charge in [-0.1, -0.05) is 11.8 Å². The van der Waals surface area contributed by atoms with Crippen molar-refractivity contribution >= 4 is 0 Å². The highest BCUT2D eigenvalue weighted by atomic mass is 16.6. The van der Waals surface area contributed by atoms with Gasteiger partial charge in [-0.05, 0) is 20.8 Å². The fraction of sp³-hybridized carbons (Fsp3) is 0.800. The Morgan fingerprint density at radius 3 is 2.17 bits per heavy atom. The van der Waals surface area contributed by atoms with Crippen LogP contribution in [0.5, 0.6) is 0 Å². The Morgan fingerprint density at radius 1 is 1.33 bits per heavy atom. The second kappa shape index (κ2) is 3.08. The Balaban J connectivity index is 2.62. The van der Waals surface area contributed by atoms with Gasteiger partial charge in [-0.2, -0.15) is 0 Å². The molecule has 0 N–H and O–H groups in total. The molecule has 0 aromatic carbocycles. The van der Waals surface area contributed by atoms with Crippen LogP contribution in [-0.2, 0) is 9.47 Å². The molecule has 1 saturated heterocycles. The lowest BCUT2D eigenvalue weighted by Crippen LogP contribution is -2.50. The summed E-state index contributed by atoms with van der Waals surface area (Å²) in [6, 6.07) is 0. The van der Waals surface area contributed by atoms with Gasteiger partial charge < -0.3 is 9.47 Å². The molecule has 0 aliphatic carbocycles. The molecule has 1 aliphatic heterocycles. The summed E-state index contributed by atoms with van der Waals surface area (Å²) in [7, 11) is 1.68. The molecule has 2 heteroatoms. The molecular formula is C10H16O2. The molecule has 1 rings (SSSR count). The van der Waals surface area contributed by atoms with Crippen LogP contribution < -0.4 is 0 Å². The molecule has 0 bridgehead atoms. The predicted octanol–water partition coefficient (Wildman–Crippen LogP) is 1.45. The Morgan fingerprint density at radius 2 is 1.92 bits per heavy atom. The molecule has 12 heavy (non-hydrogen) atoms. The molecule has 0 amide bonds. The number of hydrogen-bond acceptors (Lipinski definition) is 2. The maximum Gasteiger partial charge on any atom is 0.174 e. The quantitative estimate of drug-likeness (QED) is 0.552. The maximum atomic E-state index is 5.27. The fourth-order valence-electron chi connectivity index (χ4n) is 0.830. The van der Waals surface area contributed by atoms with Crippen molar-refractivity contribution in [2.75, 3.05) is 20.3 Å². The molecule has 1 heterocycles. The van der Waals surface area contributed by atoms with Gasteiger partial charge in [0.15, 0.2) is 5.60 Å². The van der Waals surface area contributed by atoms with E-state index in [-0.39, 0.29) is 11.0 Å². The van der Waals surface area contributed by atoms with Gasteiger partial charge in [0.1, 0.15) is 0 Å². The second-order valence-corrected chi connectivity index (χ2v) is 4.19. The van der Waals surface area contributed by atoms with Crippen molar-refractivity contribution in [2.24, 2.45) is 5.41 Å². The molecule has 1 fully saturated rings. The van der Waals surface area contributed by atoms with E-state index in [9.17, 15) is 0 Å². The third-order valence-electron chi connectivity index (χ3n) is 1.73. The molecular weight excluding hydrogens is 152 g/mol. The van der Waals surface area contributed by atoms with Gasteiger partial charge in [-0.25, -0.2) is 0 Å². The normalized spacial score (nSPS) is 20.7. The van der Waals surface area contributed by atoms with Crippen LogP contribution in [0.2, 0.25) is 0 Å². The lowest BCUT2D eigenvalue weighted by atomic mass is 9.94. The first-order chi connectivity index (χ1) is 5.47. The molecule has 0 saturated carbocycles. The van der Waals surface area contributed by atoms with E-state index in [1.165, 1.54) is 0 Å². The molecule has 0 radical (unpaired) electrons. The van der Waals surface area contributed by atoms with Crippen LogP contribution in [0.1, 0.15) is 20.8 Å². The highest BCUT2D eigenvalue weighted by Crippen LogP contribution is 2.21. The topological polar surface area (TPSA) is 18.5 Å². The molecule has 0 atom stereocenters. The standard InChI is InChI=1S/C10H16O2/c1-9(2,3)5-6-10(11-4)7-12-8-10/h7-8H2,1-4H3. The van der Waals surface area contributed by atoms with E-state index in [2.05, 4.69) is 32.6 Å². The first-order valence-electron chi connectivity index (χ1n) is 4.15. The van der Waals surface area contributed by atoms with Crippen molar-refractivity contribution < 1.29 is 9.47 Å². The second-order valence-electron chi connectivity index (χ2n) is 4.19. The lowest BCUT2D eigenvalue weighted by Gasteiger charge is -2.35. The van der Waals surface area contributed by atoms with Gasteiger partial charge in [0.2, 0.25) is 0 Å². The Kier molecular flexibility index (Phi) is 2.46. The third-order valence-corrected chi connectivity index (χ3v) is 1.73. The Bertz CT molecular complexity index is 205. The summed E-state index contributed by atoms with van der Waals surface area (Å²) in [6.07, 6.45) is 0. The SMILES string of the molecule is COC1(C#CC(C)(C)C)COC1. The van der Waals surface area contributed by atoms with Gasteiger partial charge >= 0.3 is 0 Å². The zero-order valence-electron chi connectivity index (χ0n) is 8.23. The minimum atomic E-state index is -0.312. The largest absolute Gasteiger partial charge is 0.373 e. The predicted molar refractivity (Wildman–Crippen MR) is 47.8 cm³/mol. The highest BCUT2D eigenvalue weighted by molar-refractivity contribution is 5.21. The van der Waals surface area contributed by atoms with E-state index in [4.69, 9.17) is 9.47 Å². The van der Waals surface area contributed by atoms with Crippen LogP contribution in [0.3, 0.4) is 0 Å². The van der Waals surface area contributed by atoms with Gasteiger partial charge in [0.05, 0.1) is 13.2 Å². The minimum absolute atomic E-state index is 0.0428. The van der Waals surface area contributed by atoms with Crippen molar-refractivity contribution in [2.45, 2.75) is 26.4 Å². The molecule has 1 aliphatic rings. The Hall–Kier alpha value is -0.520. The van der Waals surface area contributed by atoms with Crippen molar-refractivity contribution in [3.05, 3.63) is 0 Å². The first-order valence-corrected chi connectivity index (χ1v) is 4.15. The fourth-order valence-corrected chi connectivity index (χ4v) is 0.830. The van der Waals surface area contributed by atoms with Crippen LogP contribution in [0.15, 0.2) is 0 Å². The van der Waals surface area contributed by atoms with Crippen molar-refractivity contribution in [3.8, 4) is 11.8 Å². The van der Waals surface area contributed by atoms with Crippen molar-refractivity contribution in [1.29, 1.82) is 0 Å². The highest BCUT2D eigenvalue weighted by Gasteiger charge is 2.37. The molecule has 0 aromatic heterocycles. The summed E-state index contributed by atoms with van der Waals surface area (Å²) < 4.78 is 10.3. The minimum Gasteiger partial charge on any atom is -0.373 e. The van der Waals surface area contributed by atoms with E-state index < -0.39 is 0 Å². The molecule has 0 unspecified atom stereocenters. The summed E-state index contributed by atoms with van der Waals surface area (Å²) in [5, 5.41) is 0. The van der Waals surface area contributed by atoms with Gasteiger partial charge in [0, 0.05) is 12.5 Å². The average molecular weight is 168 g/mol. The molecule has 0 spiro atoms. The van der Waals surface area contributed by atoms with E-state index in [1.807, 2.05) is 0 Å². The summed E-state index contributed by atoms with van der Waals surface area (Å²) in [5.41, 5.74) is -0.269. The van der Waals surface area contributed by atoms with E-state index in [0.29, 0.717) is 13.2 Å². The molecule has 68 valence electrons. The molecule has 2 nitrogen and oxygen atoms in total. The summed E-state index contributed by atoms with van der Waals surface area (Å²) in [5.74, 6) is 6.29. The van der Waals surface area contributed by atoms with E-state index in [0.717, 1.165) is 0 Å². The first kappa shape index (κ1) is 9.57. The van der Waals surface area contributed by atoms with Gasteiger partial charge in [-0.3, -0.25) is 0 Å². The van der Waals surface area contributed by atoms with E-state index >= 15 is 0 Å². The van der Waals surface area contributed by atoms with Crippen molar-refractivity contribution in [1.82, 2.24) is 0 Å². The van der Waals surface area contributed by atoms with Crippen LogP contribution in [0, 0.1) is 17.3 Å². The summed E-state index contributed by atoms with van der Waals surface area (Å²) in [6.45, 7) is 7.47. The number of rotatable bonds is 1. The zero-order valence-corrected chi connectivity index (χ0v) is 8.23. The van der Waals surface area contributed by atoms with Gasteiger partial charge in [0.25, 0.3) is 0 Å². The van der Waals surface area contributed by atoms with E-state index in [1.54, 1.807) is 7.11 Å². The summed E-state index contributed by atoms with van der Waals surface area (Å²) in [4.78, 5) is 0. The van der Waals surface area contributed by atoms with Crippen LogP contribution in [-0.4, -0.2) is 25.9 Å². The molecule has 0 aromatic rings. The monoisotopic (exact) mass is 168 g/mol. The zero-order chi connectivity index (χ0) is 9.24. The average Bonchev–Trinajstić information content (AvgIpc) is 1.84. The maximum absolute atomic E-state index is 5.27. The number of ether oxygens (including phenoxy) is 2. The smallest absolute Gasteiger partial charge is 0.174 e. The summed E-state index contributed by atoms with van der Waals surface area (Å²) >= 11 is 0. The Labute approximate surface area is 74.2 Å². The van der Waals surface area contributed by atoms with Crippen LogP contribution in [0.4, 0.5) is 0 Å². The van der Waals surface area contributed by atoms with Crippen molar-refractivity contribution in [3.63, 3.8) is 0 Å². The lowest BCUT2D eigenvalue weighted by molar-refractivity contribution is -0.159. The van der Waals surface area contributed by atoms with Gasteiger partial charge in [-0.15, -0.1) is 0 Å². The van der Waals surface area contributed by atoms with Crippen LogP contribution in [0.25, 0.3) is 0 Å². The number of methoxy groups -OCH3 is 1. The van der Waals surface area contributed by atoms with Crippen LogP contribution >= 0.6 is 0 Å². The number of hydrogen-bond donors (Lipinski definition) is 0.